The van der Waals surface area contributed by atoms with Gasteiger partial charge in [-0.05, 0) is 12.0 Å². The Balaban J connectivity index is 2.38. The van der Waals surface area contributed by atoms with Gasteiger partial charge in [-0.3, -0.25) is 0 Å². The summed E-state index contributed by atoms with van der Waals surface area (Å²) in [5.74, 6) is 0. The van der Waals surface area contributed by atoms with E-state index in [2.05, 4.69) is 41.8 Å². The van der Waals surface area contributed by atoms with Gasteiger partial charge in [-0.1, -0.05) is 36.5 Å². The maximum Gasteiger partial charge on any atom is 0.0378 e. The van der Waals surface area contributed by atoms with Crippen molar-refractivity contribution >= 4 is 0 Å². The Labute approximate surface area is 66.8 Å². The van der Waals surface area contributed by atoms with E-state index in [0.29, 0.717) is 0 Å². The second kappa shape index (κ2) is 2.79. The van der Waals surface area contributed by atoms with Gasteiger partial charge < -0.3 is 5.32 Å². The SMILES string of the molecule is C1=CCC=C2NCC=CC2=C1. The molecule has 11 heavy (non-hydrogen) atoms. The highest BCUT2D eigenvalue weighted by molar-refractivity contribution is 5.45. The molecule has 1 aliphatic heterocycles. The Bertz CT molecular complexity index is 267. The summed E-state index contributed by atoms with van der Waals surface area (Å²) in [6, 6.07) is 0. The topological polar surface area (TPSA) is 12.0 Å². The fourth-order valence-electron chi connectivity index (χ4n) is 1.32. The first-order valence-electron chi connectivity index (χ1n) is 3.94. The molecule has 0 radical (unpaired) electrons. The van der Waals surface area contributed by atoms with Crippen molar-refractivity contribution in [3.8, 4) is 0 Å². The van der Waals surface area contributed by atoms with E-state index >= 15 is 0 Å². The van der Waals surface area contributed by atoms with Crippen LogP contribution in [0.1, 0.15) is 6.42 Å². The molecule has 0 aromatic rings. The molecule has 0 fully saturated rings. The zero-order valence-electron chi connectivity index (χ0n) is 6.38. The quantitative estimate of drug-likeness (QED) is 0.549. The Morgan fingerprint density at radius 1 is 1.27 bits per heavy atom. The standard InChI is InChI=1S/C10H11N/c1-2-5-9-6-4-8-11-10(9)7-3-1/h1-2,4-7,11H,3,8H2. The lowest BCUT2D eigenvalue weighted by Crippen LogP contribution is -2.17. The van der Waals surface area contributed by atoms with Crippen molar-refractivity contribution < 1.29 is 0 Å². The average Bonchev–Trinajstić information content (AvgIpc) is 2.28. The molecule has 0 bridgehead atoms. The zero-order valence-corrected chi connectivity index (χ0v) is 6.38. The molecule has 0 aromatic heterocycles. The largest absolute Gasteiger partial charge is 0.381 e. The number of rotatable bonds is 0. The van der Waals surface area contributed by atoms with Crippen LogP contribution in [0.3, 0.4) is 0 Å². The molecule has 0 spiro atoms. The first-order chi connectivity index (χ1) is 5.47. The van der Waals surface area contributed by atoms with Crippen LogP contribution in [0.25, 0.3) is 0 Å². The molecular formula is C10H11N. The summed E-state index contributed by atoms with van der Waals surface area (Å²) in [4.78, 5) is 0. The zero-order chi connectivity index (χ0) is 7.52. The van der Waals surface area contributed by atoms with Crippen LogP contribution in [-0.4, -0.2) is 6.54 Å². The number of fused-ring (bicyclic) bond motifs is 1. The van der Waals surface area contributed by atoms with E-state index in [-0.39, 0.29) is 0 Å². The van der Waals surface area contributed by atoms with Crippen LogP contribution in [0.4, 0.5) is 0 Å². The monoisotopic (exact) mass is 145 g/mol. The lowest BCUT2D eigenvalue weighted by molar-refractivity contribution is 0.895. The third-order valence-corrected chi connectivity index (χ3v) is 1.89. The molecule has 1 heteroatoms. The predicted molar refractivity (Wildman–Crippen MR) is 47.1 cm³/mol. The summed E-state index contributed by atoms with van der Waals surface area (Å²) >= 11 is 0. The summed E-state index contributed by atoms with van der Waals surface area (Å²) in [5.41, 5.74) is 2.57. The van der Waals surface area contributed by atoms with Gasteiger partial charge in [0.25, 0.3) is 0 Å². The molecule has 1 nitrogen and oxygen atoms in total. The van der Waals surface area contributed by atoms with Gasteiger partial charge in [-0.25, -0.2) is 0 Å². The van der Waals surface area contributed by atoms with Crippen molar-refractivity contribution in [2.75, 3.05) is 6.54 Å². The lowest BCUT2D eigenvalue weighted by atomic mass is 10.1. The summed E-state index contributed by atoms with van der Waals surface area (Å²) in [7, 11) is 0. The minimum atomic E-state index is 0.961. The van der Waals surface area contributed by atoms with Gasteiger partial charge in [0.15, 0.2) is 0 Å². The van der Waals surface area contributed by atoms with Crippen LogP contribution in [0.5, 0.6) is 0 Å². The fourth-order valence-corrected chi connectivity index (χ4v) is 1.32. The van der Waals surface area contributed by atoms with Crippen LogP contribution < -0.4 is 5.32 Å². The third-order valence-electron chi connectivity index (χ3n) is 1.89. The summed E-state index contributed by atoms with van der Waals surface area (Å²) in [5, 5.41) is 3.33. The molecule has 0 unspecified atom stereocenters. The first kappa shape index (κ1) is 6.47. The Morgan fingerprint density at radius 2 is 2.27 bits per heavy atom. The van der Waals surface area contributed by atoms with Crippen molar-refractivity contribution in [2.45, 2.75) is 6.42 Å². The van der Waals surface area contributed by atoms with Crippen molar-refractivity contribution in [2.24, 2.45) is 0 Å². The maximum absolute atomic E-state index is 3.33. The van der Waals surface area contributed by atoms with Crippen LogP contribution in [0.15, 0.2) is 47.7 Å². The van der Waals surface area contributed by atoms with Crippen LogP contribution >= 0.6 is 0 Å². The van der Waals surface area contributed by atoms with Crippen LogP contribution in [0.2, 0.25) is 0 Å². The number of hydrogen-bond acceptors (Lipinski definition) is 1. The molecule has 1 aliphatic carbocycles. The maximum atomic E-state index is 3.33. The second-order valence-electron chi connectivity index (χ2n) is 2.69. The summed E-state index contributed by atoms with van der Waals surface area (Å²) in [6.07, 6.45) is 14.0. The molecule has 0 aromatic carbocycles. The minimum Gasteiger partial charge on any atom is -0.381 e. The summed E-state index contributed by atoms with van der Waals surface area (Å²) in [6.45, 7) is 0.961. The van der Waals surface area contributed by atoms with E-state index in [0.717, 1.165) is 13.0 Å². The number of nitrogens with one attached hydrogen (secondary N) is 1. The smallest absolute Gasteiger partial charge is 0.0378 e. The molecule has 0 saturated carbocycles. The normalized spacial score (nSPS) is 21.1. The van der Waals surface area contributed by atoms with Gasteiger partial charge >= 0.3 is 0 Å². The fraction of sp³-hybridized carbons (Fsp3) is 0.200. The minimum absolute atomic E-state index is 0.961. The van der Waals surface area contributed by atoms with Crippen molar-refractivity contribution in [1.82, 2.24) is 5.32 Å². The molecule has 2 rings (SSSR count). The second-order valence-corrected chi connectivity index (χ2v) is 2.69. The van der Waals surface area contributed by atoms with Gasteiger partial charge in [0, 0.05) is 12.2 Å². The molecule has 0 atom stereocenters. The van der Waals surface area contributed by atoms with Crippen LogP contribution in [0, 0.1) is 0 Å². The molecule has 0 amide bonds. The molecular weight excluding hydrogens is 134 g/mol. The highest BCUT2D eigenvalue weighted by Gasteiger charge is 2.04. The van der Waals surface area contributed by atoms with Crippen molar-refractivity contribution in [3.05, 3.63) is 47.7 Å². The molecule has 1 heterocycles. The average molecular weight is 145 g/mol. The molecule has 1 N–H and O–H groups in total. The summed E-state index contributed by atoms with van der Waals surface area (Å²) < 4.78 is 0. The van der Waals surface area contributed by atoms with Gasteiger partial charge in [-0.15, -0.1) is 0 Å². The van der Waals surface area contributed by atoms with Crippen molar-refractivity contribution in [1.29, 1.82) is 0 Å². The van der Waals surface area contributed by atoms with E-state index < -0.39 is 0 Å². The van der Waals surface area contributed by atoms with E-state index in [1.165, 1.54) is 11.3 Å². The highest BCUT2D eigenvalue weighted by atomic mass is 14.9. The Hall–Kier alpha value is -1.24. The Kier molecular flexibility index (Phi) is 1.64. The van der Waals surface area contributed by atoms with E-state index in [9.17, 15) is 0 Å². The van der Waals surface area contributed by atoms with Crippen LogP contribution in [-0.2, 0) is 0 Å². The molecule has 2 aliphatic rings. The predicted octanol–water partition coefficient (Wildman–Crippen LogP) is 1.92. The van der Waals surface area contributed by atoms with Crippen molar-refractivity contribution in [3.63, 3.8) is 0 Å². The molecule has 56 valence electrons. The number of hydrogen-bond donors (Lipinski definition) is 1. The van der Waals surface area contributed by atoms with Gasteiger partial charge in [-0.2, -0.15) is 0 Å². The lowest BCUT2D eigenvalue weighted by Gasteiger charge is -2.13. The van der Waals surface area contributed by atoms with Gasteiger partial charge in [0.05, 0.1) is 0 Å². The first-order valence-corrected chi connectivity index (χ1v) is 3.94. The number of allylic oxidation sites excluding steroid dienone is 5. The highest BCUT2D eigenvalue weighted by Crippen LogP contribution is 2.15. The van der Waals surface area contributed by atoms with Gasteiger partial charge in [0.1, 0.15) is 0 Å². The third kappa shape index (κ3) is 1.27. The van der Waals surface area contributed by atoms with E-state index in [4.69, 9.17) is 0 Å². The Morgan fingerprint density at radius 3 is 3.27 bits per heavy atom. The van der Waals surface area contributed by atoms with E-state index in [1.54, 1.807) is 0 Å². The molecule has 0 saturated heterocycles. The van der Waals surface area contributed by atoms with E-state index in [1.807, 2.05) is 0 Å². The van der Waals surface area contributed by atoms with Gasteiger partial charge in [0.2, 0.25) is 0 Å².